The molecule has 28 heavy (non-hydrogen) atoms. The van der Waals surface area contributed by atoms with Crippen LogP contribution in [0.3, 0.4) is 0 Å². The summed E-state index contributed by atoms with van der Waals surface area (Å²) in [7, 11) is 0. The highest BCUT2D eigenvalue weighted by Crippen LogP contribution is 2.47. The van der Waals surface area contributed by atoms with E-state index in [-0.39, 0.29) is 0 Å². The Labute approximate surface area is 167 Å². The zero-order chi connectivity index (χ0) is 18.8. The van der Waals surface area contributed by atoms with Gasteiger partial charge in [-0.05, 0) is 61.8 Å². The molecule has 4 aliphatic rings. The molecule has 3 aliphatic heterocycles. The summed E-state index contributed by atoms with van der Waals surface area (Å²) in [4.78, 5) is 5.59. The van der Waals surface area contributed by atoms with Gasteiger partial charge in [-0.25, -0.2) is 0 Å². The molecule has 0 spiro atoms. The molecular weight excluding hydrogens is 348 g/mol. The summed E-state index contributed by atoms with van der Waals surface area (Å²) in [6.45, 7) is 8.06. The van der Waals surface area contributed by atoms with E-state index in [0.717, 1.165) is 47.7 Å². The minimum Gasteiger partial charge on any atom is -0.368 e. The molecule has 4 fully saturated rings. The molecule has 6 nitrogen and oxygen atoms in total. The number of rotatable bonds is 3. The van der Waals surface area contributed by atoms with Gasteiger partial charge in [-0.1, -0.05) is 20.3 Å². The first kappa shape index (κ1) is 17.2. The van der Waals surface area contributed by atoms with Crippen molar-refractivity contribution < 1.29 is 0 Å². The summed E-state index contributed by atoms with van der Waals surface area (Å²) in [6.07, 6.45) is 10.4. The van der Waals surface area contributed by atoms with Gasteiger partial charge in [0.15, 0.2) is 0 Å². The van der Waals surface area contributed by atoms with E-state index in [0.29, 0.717) is 5.92 Å². The fraction of sp³-hybridized carbons (Fsp3) is 0.773. The maximum absolute atomic E-state index is 4.72. The summed E-state index contributed by atoms with van der Waals surface area (Å²) >= 11 is 0. The predicted octanol–water partition coefficient (Wildman–Crippen LogP) is 3.34. The number of aromatic nitrogens is 4. The van der Waals surface area contributed by atoms with Crippen molar-refractivity contribution in [3.63, 3.8) is 0 Å². The lowest BCUT2D eigenvalue weighted by Gasteiger charge is -2.55. The Morgan fingerprint density at radius 2 is 1.82 bits per heavy atom. The maximum Gasteiger partial charge on any atom is 0.200 e. The van der Waals surface area contributed by atoms with Crippen molar-refractivity contribution in [1.29, 1.82) is 0 Å². The third-order valence-electron chi connectivity index (χ3n) is 7.80. The second-order valence-corrected chi connectivity index (χ2v) is 10.1. The second-order valence-electron chi connectivity index (χ2n) is 10.1. The van der Waals surface area contributed by atoms with Crippen molar-refractivity contribution in [2.45, 2.75) is 70.4 Å². The summed E-state index contributed by atoms with van der Waals surface area (Å²) in [5.41, 5.74) is 3.29. The second kappa shape index (κ2) is 6.41. The number of hydrogen-bond acceptors (Lipinski definition) is 5. The highest BCUT2D eigenvalue weighted by atomic mass is 15.4. The Morgan fingerprint density at radius 1 is 1.00 bits per heavy atom. The number of anilines is 1. The van der Waals surface area contributed by atoms with Gasteiger partial charge in [0.1, 0.15) is 6.33 Å². The highest BCUT2D eigenvalue weighted by molar-refractivity contribution is 5.68. The summed E-state index contributed by atoms with van der Waals surface area (Å²) in [6, 6.07) is 3.98. The van der Waals surface area contributed by atoms with Gasteiger partial charge in [0.2, 0.25) is 5.65 Å². The van der Waals surface area contributed by atoms with Crippen LogP contribution in [0, 0.1) is 17.8 Å². The molecule has 6 heteroatoms. The predicted molar refractivity (Wildman–Crippen MR) is 110 cm³/mol. The van der Waals surface area contributed by atoms with E-state index in [1.807, 2.05) is 4.52 Å². The van der Waals surface area contributed by atoms with Crippen LogP contribution < -0.4 is 4.90 Å². The smallest absolute Gasteiger partial charge is 0.200 e. The molecule has 0 aromatic carbocycles. The molecule has 2 aromatic heterocycles. The molecule has 2 aromatic rings. The monoisotopic (exact) mass is 380 g/mol. The molecule has 4 atom stereocenters. The van der Waals surface area contributed by atoms with Crippen molar-refractivity contribution in [3.05, 3.63) is 18.1 Å². The molecule has 6 rings (SSSR count). The first-order valence-corrected chi connectivity index (χ1v) is 11.4. The lowest BCUT2D eigenvalue weighted by atomic mass is 9.74. The average Bonchev–Trinajstić information content (AvgIpc) is 3.43. The summed E-state index contributed by atoms with van der Waals surface area (Å²) < 4.78 is 1.88. The Hall–Kier alpha value is -1.69. The molecular formula is C22H32N6. The number of piperidine rings is 3. The van der Waals surface area contributed by atoms with Crippen molar-refractivity contribution in [1.82, 2.24) is 24.7 Å². The first-order valence-electron chi connectivity index (χ1n) is 11.4. The van der Waals surface area contributed by atoms with Gasteiger partial charge in [-0.2, -0.15) is 9.61 Å². The van der Waals surface area contributed by atoms with Crippen LogP contribution in [0.1, 0.15) is 64.0 Å². The number of fused-ring (bicyclic) bond motifs is 5. The molecule has 2 bridgehead atoms. The topological polar surface area (TPSA) is 49.6 Å². The molecule has 0 radical (unpaired) electrons. The van der Waals surface area contributed by atoms with Crippen LogP contribution in [0.4, 0.5) is 5.69 Å². The first-order chi connectivity index (χ1) is 13.7. The summed E-state index contributed by atoms with van der Waals surface area (Å²) in [5.74, 6) is 3.01. The minimum absolute atomic E-state index is 0.406. The lowest BCUT2D eigenvalue weighted by Crippen LogP contribution is -2.62. The van der Waals surface area contributed by atoms with E-state index >= 15 is 0 Å². The zero-order valence-corrected chi connectivity index (χ0v) is 17.2. The third kappa shape index (κ3) is 2.75. The minimum atomic E-state index is 0.406. The Balaban J connectivity index is 1.32. The van der Waals surface area contributed by atoms with Crippen molar-refractivity contribution >= 4 is 11.3 Å². The van der Waals surface area contributed by atoms with Gasteiger partial charge in [0, 0.05) is 31.7 Å². The number of nitrogens with zero attached hydrogens (tertiary/aromatic N) is 6. The Morgan fingerprint density at radius 3 is 2.61 bits per heavy atom. The van der Waals surface area contributed by atoms with E-state index in [1.165, 1.54) is 57.3 Å². The molecule has 1 saturated carbocycles. The van der Waals surface area contributed by atoms with E-state index in [4.69, 9.17) is 5.10 Å². The van der Waals surface area contributed by atoms with Gasteiger partial charge in [-0.3, -0.25) is 4.90 Å². The van der Waals surface area contributed by atoms with Crippen LogP contribution in [0.2, 0.25) is 0 Å². The van der Waals surface area contributed by atoms with E-state index < -0.39 is 0 Å². The fourth-order valence-corrected chi connectivity index (χ4v) is 6.38. The molecule has 5 heterocycles. The quantitative estimate of drug-likeness (QED) is 0.817. The van der Waals surface area contributed by atoms with Crippen LogP contribution in [0.15, 0.2) is 12.4 Å². The lowest BCUT2D eigenvalue weighted by molar-refractivity contribution is -0.0258. The SMILES string of the molecule is CC(C)c1cc(N2C[C@@H]3C[C@H](C2)[C@@H]2CCC[C@H](C4CC4)N2C3)c2nncn2n1. The van der Waals surface area contributed by atoms with Gasteiger partial charge in [0.25, 0.3) is 0 Å². The number of hydrogen-bond donors (Lipinski definition) is 0. The van der Waals surface area contributed by atoms with E-state index in [9.17, 15) is 0 Å². The van der Waals surface area contributed by atoms with Gasteiger partial charge in [0.05, 0.1) is 11.4 Å². The molecule has 0 unspecified atom stereocenters. The van der Waals surface area contributed by atoms with Gasteiger partial charge in [-0.15, -0.1) is 10.2 Å². The normalized spacial score (nSPS) is 33.5. The van der Waals surface area contributed by atoms with Crippen molar-refractivity contribution in [2.24, 2.45) is 17.8 Å². The summed E-state index contributed by atoms with van der Waals surface area (Å²) in [5, 5.41) is 13.3. The Kier molecular flexibility index (Phi) is 3.94. The van der Waals surface area contributed by atoms with Crippen LogP contribution in [-0.2, 0) is 0 Å². The molecule has 0 N–H and O–H groups in total. The Bertz CT molecular complexity index is 871. The van der Waals surface area contributed by atoms with Crippen LogP contribution >= 0.6 is 0 Å². The van der Waals surface area contributed by atoms with E-state index in [2.05, 4.69) is 39.9 Å². The van der Waals surface area contributed by atoms with Crippen molar-refractivity contribution in [2.75, 3.05) is 24.5 Å². The van der Waals surface area contributed by atoms with Gasteiger partial charge >= 0.3 is 0 Å². The fourth-order valence-electron chi connectivity index (χ4n) is 6.38. The highest BCUT2D eigenvalue weighted by Gasteiger charge is 2.48. The standard InChI is InChI=1S/C22H32N6/c1-14(2)18-9-21(22-24-23-13-28(22)25-18)26-10-15-8-17(12-26)20-5-3-4-19(16-6-7-16)27(20)11-15/h9,13-17,19-20H,3-8,10-12H2,1-2H3/t15-,17+,19+,20-/m0/s1. The molecule has 3 saturated heterocycles. The van der Waals surface area contributed by atoms with Crippen LogP contribution in [0.5, 0.6) is 0 Å². The maximum atomic E-state index is 4.72. The third-order valence-corrected chi connectivity index (χ3v) is 7.80. The average molecular weight is 381 g/mol. The van der Waals surface area contributed by atoms with Crippen LogP contribution in [0.25, 0.3) is 5.65 Å². The molecule has 0 amide bonds. The zero-order valence-electron chi connectivity index (χ0n) is 17.2. The van der Waals surface area contributed by atoms with Crippen molar-refractivity contribution in [3.8, 4) is 0 Å². The largest absolute Gasteiger partial charge is 0.368 e. The van der Waals surface area contributed by atoms with Gasteiger partial charge < -0.3 is 4.90 Å². The molecule has 1 aliphatic carbocycles. The molecule has 150 valence electrons. The van der Waals surface area contributed by atoms with Crippen LogP contribution in [-0.4, -0.2) is 56.4 Å². The van der Waals surface area contributed by atoms with E-state index in [1.54, 1.807) is 6.33 Å².